The average molecular weight is 402 g/mol. The molecule has 8 heteroatoms. The lowest BCUT2D eigenvalue weighted by Gasteiger charge is -2.28. The van der Waals surface area contributed by atoms with Gasteiger partial charge < -0.3 is 9.64 Å². The van der Waals surface area contributed by atoms with Crippen molar-refractivity contribution >= 4 is 33.2 Å². The molecule has 0 bridgehead atoms. The average Bonchev–Trinajstić information content (AvgIpc) is 2.69. The Morgan fingerprint density at radius 3 is 2.21 bits per heavy atom. The highest BCUT2D eigenvalue weighted by Gasteiger charge is 2.17. The molecular weight excluding hydrogens is 380 g/mol. The SMILES string of the molecule is COC(=O)Cc1ccc(S(=O)(=O)Nc2ccc(N3CCC(=O)CC3)cc2)cc1. The zero-order valence-electron chi connectivity index (χ0n) is 15.6. The van der Waals surface area contributed by atoms with Crippen molar-refractivity contribution in [2.45, 2.75) is 24.2 Å². The number of hydrogen-bond donors (Lipinski definition) is 1. The third-order valence-corrected chi connectivity index (χ3v) is 6.01. The molecule has 28 heavy (non-hydrogen) atoms. The van der Waals surface area contributed by atoms with E-state index in [0.29, 0.717) is 37.2 Å². The van der Waals surface area contributed by atoms with Crippen molar-refractivity contribution in [2.24, 2.45) is 0 Å². The van der Waals surface area contributed by atoms with Crippen LogP contribution in [0.5, 0.6) is 0 Å². The van der Waals surface area contributed by atoms with Gasteiger partial charge in [-0.25, -0.2) is 8.42 Å². The maximum absolute atomic E-state index is 12.6. The Kier molecular flexibility index (Phi) is 5.99. The monoisotopic (exact) mass is 402 g/mol. The van der Waals surface area contributed by atoms with Crippen LogP contribution in [0.2, 0.25) is 0 Å². The molecule has 0 radical (unpaired) electrons. The number of methoxy groups -OCH3 is 1. The van der Waals surface area contributed by atoms with Crippen LogP contribution in [0.15, 0.2) is 53.4 Å². The largest absolute Gasteiger partial charge is 0.469 e. The van der Waals surface area contributed by atoms with Gasteiger partial charge in [0.05, 0.1) is 18.4 Å². The fourth-order valence-corrected chi connectivity index (χ4v) is 4.05. The number of nitrogens with zero attached hydrogens (tertiary/aromatic N) is 1. The summed E-state index contributed by atoms with van der Waals surface area (Å²) < 4.78 is 32.3. The molecule has 1 N–H and O–H groups in total. The molecule has 1 aliphatic rings. The lowest BCUT2D eigenvalue weighted by atomic mass is 10.1. The van der Waals surface area contributed by atoms with Gasteiger partial charge in [-0.3, -0.25) is 14.3 Å². The number of anilines is 2. The van der Waals surface area contributed by atoms with Crippen molar-refractivity contribution in [3.63, 3.8) is 0 Å². The number of rotatable bonds is 6. The third kappa shape index (κ3) is 4.89. The molecule has 0 aliphatic carbocycles. The maximum atomic E-state index is 12.6. The lowest BCUT2D eigenvalue weighted by molar-refractivity contribution is -0.139. The van der Waals surface area contributed by atoms with Crippen LogP contribution in [-0.4, -0.2) is 40.4 Å². The second-order valence-electron chi connectivity index (χ2n) is 6.57. The molecule has 0 atom stereocenters. The molecule has 0 aromatic heterocycles. The van der Waals surface area contributed by atoms with E-state index in [9.17, 15) is 18.0 Å². The number of sulfonamides is 1. The highest BCUT2D eigenvalue weighted by atomic mass is 32.2. The van der Waals surface area contributed by atoms with Gasteiger partial charge in [0.15, 0.2) is 0 Å². The quantitative estimate of drug-likeness (QED) is 0.746. The van der Waals surface area contributed by atoms with E-state index in [1.807, 2.05) is 12.1 Å². The number of esters is 1. The van der Waals surface area contributed by atoms with Crippen LogP contribution in [-0.2, 0) is 30.8 Å². The highest BCUT2D eigenvalue weighted by Crippen LogP contribution is 2.23. The molecule has 0 unspecified atom stereocenters. The summed E-state index contributed by atoms with van der Waals surface area (Å²) in [6.07, 6.45) is 1.18. The van der Waals surface area contributed by atoms with Gasteiger partial charge in [0.25, 0.3) is 10.0 Å². The number of ketones is 1. The van der Waals surface area contributed by atoms with E-state index >= 15 is 0 Å². The fraction of sp³-hybridized carbons (Fsp3) is 0.300. The first-order chi connectivity index (χ1) is 13.4. The predicted octanol–water partition coefficient (Wildman–Crippen LogP) is 2.37. The second kappa shape index (κ2) is 8.43. The van der Waals surface area contributed by atoms with Crippen LogP contribution < -0.4 is 9.62 Å². The molecular formula is C20H22N2O5S. The molecule has 0 amide bonds. The first-order valence-corrected chi connectivity index (χ1v) is 10.4. The Morgan fingerprint density at radius 1 is 1.04 bits per heavy atom. The second-order valence-corrected chi connectivity index (χ2v) is 8.26. The van der Waals surface area contributed by atoms with Gasteiger partial charge in [0.1, 0.15) is 5.78 Å². The van der Waals surface area contributed by atoms with E-state index in [1.165, 1.54) is 19.2 Å². The smallest absolute Gasteiger partial charge is 0.309 e. The highest BCUT2D eigenvalue weighted by molar-refractivity contribution is 7.92. The van der Waals surface area contributed by atoms with Crippen molar-refractivity contribution in [2.75, 3.05) is 29.8 Å². The lowest BCUT2D eigenvalue weighted by Crippen LogP contribution is -2.33. The zero-order valence-corrected chi connectivity index (χ0v) is 16.4. The summed E-state index contributed by atoms with van der Waals surface area (Å²) in [4.78, 5) is 24.9. The maximum Gasteiger partial charge on any atom is 0.309 e. The number of Topliss-reactive ketones (excluding diaryl/α,β-unsaturated/α-hetero) is 1. The topological polar surface area (TPSA) is 92.8 Å². The van der Waals surface area contributed by atoms with Gasteiger partial charge in [-0.15, -0.1) is 0 Å². The van der Waals surface area contributed by atoms with Gasteiger partial charge in [-0.05, 0) is 42.0 Å². The van der Waals surface area contributed by atoms with Crippen molar-refractivity contribution in [3.05, 3.63) is 54.1 Å². The fourth-order valence-electron chi connectivity index (χ4n) is 2.99. The van der Waals surface area contributed by atoms with E-state index in [0.717, 1.165) is 5.69 Å². The zero-order chi connectivity index (χ0) is 20.1. The Hall–Kier alpha value is -2.87. The molecule has 2 aromatic carbocycles. The Balaban J connectivity index is 1.66. The summed E-state index contributed by atoms with van der Waals surface area (Å²) in [5, 5.41) is 0. The number of hydrogen-bond acceptors (Lipinski definition) is 6. The number of piperidine rings is 1. The van der Waals surface area contributed by atoms with E-state index in [1.54, 1.807) is 24.3 Å². The Bertz CT molecular complexity index is 943. The molecule has 7 nitrogen and oxygen atoms in total. The summed E-state index contributed by atoms with van der Waals surface area (Å²) in [5.74, 6) is -0.106. The van der Waals surface area contributed by atoms with Gasteiger partial charge >= 0.3 is 5.97 Å². The van der Waals surface area contributed by atoms with Crippen molar-refractivity contribution < 1.29 is 22.7 Å². The molecule has 0 spiro atoms. The number of ether oxygens (including phenoxy) is 1. The van der Waals surface area contributed by atoms with E-state index < -0.39 is 10.0 Å². The molecule has 1 aliphatic heterocycles. The van der Waals surface area contributed by atoms with Gasteiger partial charge in [0.2, 0.25) is 0 Å². The van der Waals surface area contributed by atoms with Crippen molar-refractivity contribution in [3.8, 4) is 0 Å². The van der Waals surface area contributed by atoms with Crippen LogP contribution in [0, 0.1) is 0 Å². The molecule has 148 valence electrons. The number of carbonyl (C=O) groups is 2. The Morgan fingerprint density at radius 2 is 1.64 bits per heavy atom. The standard InChI is InChI=1S/C20H22N2O5S/c1-27-20(24)14-15-2-8-19(9-3-15)28(25,26)21-16-4-6-17(7-5-16)22-12-10-18(23)11-13-22/h2-9,21H,10-14H2,1H3. The van der Waals surface area contributed by atoms with Crippen LogP contribution in [0.25, 0.3) is 0 Å². The predicted molar refractivity (Wildman–Crippen MR) is 106 cm³/mol. The molecule has 1 fully saturated rings. The molecule has 1 saturated heterocycles. The summed E-state index contributed by atoms with van der Waals surface area (Å²) in [7, 11) is -2.43. The summed E-state index contributed by atoms with van der Waals surface area (Å²) in [6, 6.07) is 13.2. The minimum absolute atomic E-state index is 0.0911. The third-order valence-electron chi connectivity index (χ3n) is 4.62. The van der Waals surface area contributed by atoms with Crippen LogP contribution in [0.3, 0.4) is 0 Å². The van der Waals surface area contributed by atoms with Crippen LogP contribution in [0.1, 0.15) is 18.4 Å². The van der Waals surface area contributed by atoms with E-state index in [2.05, 4.69) is 14.4 Å². The van der Waals surface area contributed by atoms with E-state index in [-0.39, 0.29) is 23.1 Å². The minimum Gasteiger partial charge on any atom is -0.469 e. The molecule has 1 heterocycles. The van der Waals surface area contributed by atoms with Crippen molar-refractivity contribution in [1.82, 2.24) is 0 Å². The van der Waals surface area contributed by atoms with Crippen molar-refractivity contribution in [1.29, 1.82) is 0 Å². The molecule has 2 aromatic rings. The summed E-state index contributed by atoms with van der Waals surface area (Å²) in [5.41, 5.74) is 2.09. The number of carbonyl (C=O) groups excluding carboxylic acids is 2. The number of nitrogens with one attached hydrogen (secondary N) is 1. The first-order valence-electron chi connectivity index (χ1n) is 8.93. The number of benzene rings is 2. The van der Waals surface area contributed by atoms with Gasteiger partial charge in [-0.1, -0.05) is 12.1 Å². The summed E-state index contributed by atoms with van der Waals surface area (Å²) >= 11 is 0. The minimum atomic E-state index is -3.73. The first kappa shape index (κ1) is 19.9. The normalized spacial score (nSPS) is 14.6. The van der Waals surface area contributed by atoms with Gasteiger partial charge in [-0.2, -0.15) is 0 Å². The summed E-state index contributed by atoms with van der Waals surface area (Å²) in [6.45, 7) is 1.36. The van der Waals surface area contributed by atoms with Gasteiger partial charge in [0, 0.05) is 37.3 Å². The molecule has 0 saturated carbocycles. The van der Waals surface area contributed by atoms with Crippen LogP contribution >= 0.6 is 0 Å². The molecule has 3 rings (SSSR count). The van der Waals surface area contributed by atoms with E-state index in [4.69, 9.17) is 0 Å². The Labute approximate surface area is 164 Å². The van der Waals surface area contributed by atoms with Crippen LogP contribution in [0.4, 0.5) is 11.4 Å².